The Balaban J connectivity index is 1.52. The van der Waals surface area contributed by atoms with Gasteiger partial charge in [0, 0.05) is 56.7 Å². The fourth-order valence-corrected chi connectivity index (χ4v) is 3.83. The Labute approximate surface area is 182 Å². The van der Waals surface area contributed by atoms with Gasteiger partial charge in [0.25, 0.3) is 0 Å². The van der Waals surface area contributed by atoms with Gasteiger partial charge in [0.15, 0.2) is 0 Å². The molecule has 1 amide bonds. The first-order valence-corrected chi connectivity index (χ1v) is 10.0. The van der Waals surface area contributed by atoms with E-state index in [0.717, 1.165) is 16.9 Å². The monoisotopic (exact) mass is 429 g/mol. The number of aromatic nitrogens is 6. The standard InChI is InChI=1S/C21H19N9O2/c1-27-12-16(11-24-27)17-13-30-20(15(8-22)10-25-30)19(26-17)14-2-3-18(23-9-14)28-4-6-29(7-5-28)21(31)32/h2-3,9-13H,4-7H2,1H3,(H,31,32). The average molecular weight is 429 g/mol. The number of hydrogen-bond acceptors (Lipinski definition) is 7. The molecule has 0 radical (unpaired) electrons. The molecule has 0 spiro atoms. The Bertz CT molecular complexity index is 1340. The van der Waals surface area contributed by atoms with Crippen molar-refractivity contribution < 1.29 is 9.90 Å². The molecule has 1 saturated heterocycles. The van der Waals surface area contributed by atoms with Crippen LogP contribution in [0.2, 0.25) is 0 Å². The molecular weight excluding hydrogens is 410 g/mol. The number of carboxylic acid groups (broad SMARTS) is 1. The van der Waals surface area contributed by atoms with Gasteiger partial charge in [0.1, 0.15) is 23.0 Å². The van der Waals surface area contributed by atoms with Gasteiger partial charge >= 0.3 is 6.09 Å². The Morgan fingerprint density at radius 2 is 1.88 bits per heavy atom. The molecule has 11 nitrogen and oxygen atoms in total. The summed E-state index contributed by atoms with van der Waals surface area (Å²) in [7, 11) is 1.84. The summed E-state index contributed by atoms with van der Waals surface area (Å²) in [6.07, 6.45) is 7.72. The summed E-state index contributed by atoms with van der Waals surface area (Å²) >= 11 is 0. The van der Waals surface area contributed by atoms with Gasteiger partial charge in [-0.15, -0.1) is 0 Å². The number of carbonyl (C=O) groups is 1. The van der Waals surface area contributed by atoms with Crippen LogP contribution < -0.4 is 4.90 Å². The summed E-state index contributed by atoms with van der Waals surface area (Å²) < 4.78 is 3.35. The van der Waals surface area contributed by atoms with Gasteiger partial charge in [-0.2, -0.15) is 15.5 Å². The van der Waals surface area contributed by atoms with Crippen molar-refractivity contribution in [1.82, 2.24) is 34.3 Å². The van der Waals surface area contributed by atoms with Crippen molar-refractivity contribution >= 4 is 17.4 Å². The molecule has 1 N–H and O–H groups in total. The molecule has 0 atom stereocenters. The zero-order chi connectivity index (χ0) is 22.2. The Morgan fingerprint density at radius 1 is 1.06 bits per heavy atom. The van der Waals surface area contributed by atoms with E-state index < -0.39 is 6.09 Å². The molecule has 32 heavy (non-hydrogen) atoms. The predicted octanol–water partition coefficient (Wildman–Crippen LogP) is 1.86. The Kier molecular flexibility index (Phi) is 4.67. The fraction of sp³-hybridized carbons (Fsp3) is 0.238. The van der Waals surface area contributed by atoms with E-state index >= 15 is 0 Å². The lowest BCUT2D eigenvalue weighted by atomic mass is 10.1. The second-order valence-electron chi connectivity index (χ2n) is 7.50. The Morgan fingerprint density at radius 3 is 2.50 bits per heavy atom. The van der Waals surface area contributed by atoms with Crippen LogP contribution in [0.4, 0.5) is 10.6 Å². The van der Waals surface area contributed by atoms with E-state index in [1.165, 1.54) is 11.1 Å². The molecule has 160 valence electrons. The summed E-state index contributed by atoms with van der Waals surface area (Å²) in [5, 5.41) is 27.2. The van der Waals surface area contributed by atoms with Crippen molar-refractivity contribution in [3.63, 3.8) is 0 Å². The molecule has 0 unspecified atom stereocenters. The molecule has 0 saturated carbocycles. The second-order valence-corrected chi connectivity index (χ2v) is 7.50. The number of fused-ring (bicyclic) bond motifs is 1. The molecule has 5 rings (SSSR count). The van der Waals surface area contributed by atoms with E-state index in [1.807, 2.05) is 25.4 Å². The largest absolute Gasteiger partial charge is 0.465 e. The topological polar surface area (TPSA) is 128 Å². The van der Waals surface area contributed by atoms with Crippen LogP contribution in [-0.2, 0) is 7.05 Å². The number of nitrogens with zero attached hydrogens (tertiary/aromatic N) is 9. The zero-order valence-electron chi connectivity index (χ0n) is 17.3. The normalized spacial score (nSPS) is 14.0. The van der Waals surface area contributed by atoms with E-state index in [4.69, 9.17) is 10.1 Å². The van der Waals surface area contributed by atoms with Crippen LogP contribution in [0.5, 0.6) is 0 Å². The molecule has 5 heterocycles. The van der Waals surface area contributed by atoms with Crippen molar-refractivity contribution in [3.8, 4) is 28.6 Å². The van der Waals surface area contributed by atoms with Gasteiger partial charge in [0.2, 0.25) is 0 Å². The number of piperazine rings is 1. The summed E-state index contributed by atoms with van der Waals surface area (Å²) in [5.74, 6) is 0.771. The molecule has 4 aromatic heterocycles. The van der Waals surface area contributed by atoms with Crippen LogP contribution in [-0.4, -0.2) is 71.6 Å². The molecule has 0 bridgehead atoms. The van der Waals surface area contributed by atoms with Crippen molar-refractivity contribution in [1.29, 1.82) is 5.26 Å². The fourth-order valence-electron chi connectivity index (χ4n) is 3.83. The molecule has 0 aromatic carbocycles. The highest BCUT2D eigenvalue weighted by Gasteiger charge is 2.22. The van der Waals surface area contributed by atoms with Crippen LogP contribution in [0.3, 0.4) is 0 Å². The molecule has 11 heteroatoms. The van der Waals surface area contributed by atoms with E-state index in [0.29, 0.717) is 48.6 Å². The van der Waals surface area contributed by atoms with Gasteiger partial charge in [0.05, 0.1) is 30.0 Å². The number of rotatable bonds is 3. The van der Waals surface area contributed by atoms with Gasteiger partial charge in [-0.05, 0) is 12.1 Å². The molecule has 1 aliphatic rings. The second kappa shape index (κ2) is 7.66. The lowest BCUT2D eigenvalue weighted by Gasteiger charge is -2.33. The first kappa shape index (κ1) is 19.5. The molecule has 0 aliphatic carbocycles. The maximum absolute atomic E-state index is 11.1. The number of pyridine rings is 1. The smallest absolute Gasteiger partial charge is 0.407 e. The Hall–Kier alpha value is -4.46. The lowest BCUT2D eigenvalue weighted by Crippen LogP contribution is -2.48. The van der Waals surface area contributed by atoms with E-state index in [-0.39, 0.29) is 0 Å². The third-order valence-electron chi connectivity index (χ3n) is 5.51. The number of anilines is 1. The summed E-state index contributed by atoms with van der Waals surface area (Å²) in [6, 6.07) is 5.98. The minimum atomic E-state index is -0.898. The van der Waals surface area contributed by atoms with Gasteiger partial charge < -0.3 is 14.9 Å². The van der Waals surface area contributed by atoms with E-state index in [2.05, 4.69) is 26.2 Å². The van der Waals surface area contributed by atoms with Crippen LogP contribution in [0.15, 0.2) is 43.1 Å². The van der Waals surface area contributed by atoms with Crippen LogP contribution in [0, 0.1) is 11.3 Å². The lowest BCUT2D eigenvalue weighted by molar-refractivity contribution is 0.142. The molecule has 1 aliphatic heterocycles. The minimum Gasteiger partial charge on any atom is -0.465 e. The first-order valence-electron chi connectivity index (χ1n) is 10.0. The maximum Gasteiger partial charge on any atom is 0.407 e. The quantitative estimate of drug-likeness (QED) is 0.523. The number of nitriles is 1. The minimum absolute atomic E-state index is 0.430. The third-order valence-corrected chi connectivity index (χ3v) is 5.51. The highest BCUT2D eigenvalue weighted by molar-refractivity contribution is 5.83. The molecule has 4 aromatic rings. The van der Waals surface area contributed by atoms with E-state index in [1.54, 1.807) is 27.8 Å². The van der Waals surface area contributed by atoms with Crippen molar-refractivity contribution in [2.75, 3.05) is 31.1 Å². The number of aryl methyl sites for hydroxylation is 1. The van der Waals surface area contributed by atoms with Crippen LogP contribution in [0.1, 0.15) is 5.56 Å². The average Bonchev–Trinajstić information content (AvgIpc) is 3.44. The summed E-state index contributed by atoms with van der Waals surface area (Å²) in [6.45, 7) is 2.04. The van der Waals surface area contributed by atoms with Crippen LogP contribution in [0.25, 0.3) is 28.0 Å². The zero-order valence-corrected chi connectivity index (χ0v) is 17.3. The molecule has 1 fully saturated rings. The first-order chi connectivity index (χ1) is 15.5. The highest BCUT2D eigenvalue weighted by Crippen LogP contribution is 2.29. The summed E-state index contributed by atoms with van der Waals surface area (Å²) in [4.78, 5) is 24.0. The van der Waals surface area contributed by atoms with Gasteiger partial charge in [-0.25, -0.2) is 19.3 Å². The highest BCUT2D eigenvalue weighted by atomic mass is 16.4. The van der Waals surface area contributed by atoms with Crippen molar-refractivity contribution in [2.45, 2.75) is 0 Å². The van der Waals surface area contributed by atoms with Crippen molar-refractivity contribution in [3.05, 3.63) is 48.7 Å². The van der Waals surface area contributed by atoms with Gasteiger partial charge in [-0.1, -0.05) is 0 Å². The summed E-state index contributed by atoms with van der Waals surface area (Å²) in [5.41, 5.74) is 3.93. The SMILES string of the molecule is Cn1cc(-c2cn3ncc(C#N)c3c(-c3ccc(N4CCN(C(=O)O)CC4)nc3)n2)cn1. The predicted molar refractivity (Wildman–Crippen MR) is 115 cm³/mol. The molecular formula is C21H19N9O2. The van der Waals surface area contributed by atoms with Crippen molar-refractivity contribution in [2.24, 2.45) is 7.05 Å². The third kappa shape index (κ3) is 3.37. The maximum atomic E-state index is 11.1. The number of amides is 1. The van der Waals surface area contributed by atoms with E-state index in [9.17, 15) is 10.1 Å². The van der Waals surface area contributed by atoms with Gasteiger partial charge in [-0.3, -0.25) is 4.68 Å². The number of hydrogen-bond donors (Lipinski definition) is 1. The van der Waals surface area contributed by atoms with Crippen LogP contribution >= 0.6 is 0 Å².